The molecule has 24 heavy (non-hydrogen) atoms. The number of ether oxygens (including phenoxy) is 1. The molecule has 0 saturated heterocycles. The van der Waals surface area contributed by atoms with E-state index in [4.69, 9.17) is 4.74 Å². The van der Waals surface area contributed by atoms with E-state index < -0.39 is 0 Å². The van der Waals surface area contributed by atoms with Crippen molar-refractivity contribution < 1.29 is 37.4 Å². The molecular weight excluding hydrogens is 391 g/mol. The van der Waals surface area contributed by atoms with E-state index in [2.05, 4.69) is 31.0 Å². The molecule has 3 aromatic rings. The topological polar surface area (TPSA) is 22.1 Å². The molecule has 3 rings (SSSR count). The minimum Gasteiger partial charge on any atom is -0.413 e. The summed E-state index contributed by atoms with van der Waals surface area (Å²) >= 11 is 1.73. The van der Waals surface area contributed by atoms with Crippen LogP contribution < -0.4 is 0 Å². The number of hydrogen-bond acceptors (Lipinski definition) is 3. The second-order valence-electron chi connectivity index (χ2n) is 4.39. The summed E-state index contributed by atoms with van der Waals surface area (Å²) in [5.41, 5.74) is 2.24. The van der Waals surface area contributed by atoms with Crippen LogP contribution in [0.15, 0.2) is 48.5 Å². The fraction of sp³-hybridized carbons (Fsp3) is 0.300. The van der Waals surface area contributed by atoms with Crippen LogP contribution in [-0.2, 0) is 37.4 Å². The SMILES string of the molecule is CC.[CH2-]COCCC.[Y].[c-]1ccc(-c2nc3ccccc3s2)cc1. The Morgan fingerprint density at radius 2 is 1.79 bits per heavy atom. The maximum atomic E-state index is 4.87. The van der Waals surface area contributed by atoms with Gasteiger partial charge < -0.3 is 11.7 Å². The summed E-state index contributed by atoms with van der Waals surface area (Å²) in [4.78, 5) is 4.59. The molecule has 0 bridgehead atoms. The molecule has 0 amide bonds. The van der Waals surface area contributed by atoms with E-state index in [0.717, 1.165) is 29.1 Å². The normalized spacial score (nSPS) is 9.17. The Hall–Kier alpha value is -0.606. The zero-order chi connectivity index (χ0) is 16.9. The van der Waals surface area contributed by atoms with Gasteiger partial charge >= 0.3 is 0 Å². The van der Waals surface area contributed by atoms with E-state index in [1.807, 2.05) is 56.3 Å². The maximum Gasteiger partial charge on any atom is 0.0999 e. The van der Waals surface area contributed by atoms with Crippen molar-refractivity contribution in [3.8, 4) is 10.6 Å². The van der Waals surface area contributed by atoms with E-state index in [-0.39, 0.29) is 32.7 Å². The van der Waals surface area contributed by atoms with Crippen LogP contribution in [-0.4, -0.2) is 18.2 Å². The third kappa shape index (κ3) is 7.98. The van der Waals surface area contributed by atoms with Crippen LogP contribution in [0.2, 0.25) is 0 Å². The molecule has 2 nitrogen and oxygen atoms in total. The van der Waals surface area contributed by atoms with Crippen LogP contribution in [0.1, 0.15) is 27.2 Å². The molecule has 1 aromatic heterocycles. The largest absolute Gasteiger partial charge is 0.413 e. The zero-order valence-electron chi connectivity index (χ0n) is 14.8. The molecule has 0 saturated carbocycles. The Kier molecular flexibility index (Phi) is 14.3. The van der Waals surface area contributed by atoms with Crippen LogP contribution in [0.4, 0.5) is 0 Å². The fourth-order valence-electron chi connectivity index (χ4n) is 1.77. The van der Waals surface area contributed by atoms with Crippen molar-refractivity contribution in [1.82, 2.24) is 4.98 Å². The number of thiazole rings is 1. The molecule has 1 radical (unpaired) electrons. The van der Waals surface area contributed by atoms with Gasteiger partial charge in [0.2, 0.25) is 0 Å². The van der Waals surface area contributed by atoms with E-state index in [0.29, 0.717) is 6.61 Å². The maximum absolute atomic E-state index is 4.87. The smallest absolute Gasteiger partial charge is 0.0999 e. The average molecular weight is 416 g/mol. The summed E-state index contributed by atoms with van der Waals surface area (Å²) in [5.74, 6) is 0. The molecule has 1 heterocycles. The minimum absolute atomic E-state index is 0. The number of nitrogens with zero attached hydrogens (tertiary/aromatic N) is 1. The number of rotatable bonds is 4. The Bertz CT molecular complexity index is 618. The van der Waals surface area contributed by atoms with Crippen molar-refractivity contribution in [2.75, 3.05) is 13.2 Å². The van der Waals surface area contributed by atoms with Gasteiger partial charge in [-0.2, -0.15) is 30.3 Å². The Morgan fingerprint density at radius 3 is 2.33 bits per heavy atom. The van der Waals surface area contributed by atoms with Crippen molar-refractivity contribution in [3.63, 3.8) is 0 Å². The van der Waals surface area contributed by atoms with Crippen molar-refractivity contribution in [2.45, 2.75) is 27.2 Å². The molecule has 0 aliphatic carbocycles. The Labute approximate surface area is 175 Å². The molecule has 0 N–H and O–H groups in total. The van der Waals surface area contributed by atoms with Gasteiger partial charge in [0, 0.05) is 39.3 Å². The fourth-order valence-corrected chi connectivity index (χ4v) is 2.74. The summed E-state index contributed by atoms with van der Waals surface area (Å²) in [6.07, 6.45) is 1.09. The Morgan fingerprint density at radius 1 is 1.12 bits per heavy atom. The second-order valence-corrected chi connectivity index (χ2v) is 5.42. The third-order valence-electron chi connectivity index (χ3n) is 2.75. The molecule has 0 fully saturated rings. The van der Waals surface area contributed by atoms with Gasteiger partial charge in [0.25, 0.3) is 0 Å². The number of para-hydroxylation sites is 1. The van der Waals surface area contributed by atoms with Crippen molar-refractivity contribution in [1.29, 1.82) is 0 Å². The van der Waals surface area contributed by atoms with Crippen molar-refractivity contribution >= 4 is 21.6 Å². The second kappa shape index (κ2) is 14.7. The number of hydrogen-bond donors (Lipinski definition) is 0. The van der Waals surface area contributed by atoms with Crippen LogP contribution >= 0.6 is 11.3 Å². The summed E-state index contributed by atoms with van der Waals surface area (Å²) in [7, 11) is 0. The van der Waals surface area contributed by atoms with Crippen LogP contribution in [0, 0.1) is 13.0 Å². The van der Waals surface area contributed by atoms with Gasteiger partial charge in [0.15, 0.2) is 0 Å². The molecular formula is C20H25NOSY-2. The van der Waals surface area contributed by atoms with Crippen LogP contribution in [0.3, 0.4) is 0 Å². The van der Waals surface area contributed by atoms with Gasteiger partial charge in [-0.3, -0.25) is 0 Å². The van der Waals surface area contributed by atoms with E-state index in [9.17, 15) is 0 Å². The molecule has 4 heteroatoms. The molecule has 0 spiro atoms. The van der Waals surface area contributed by atoms with Gasteiger partial charge in [-0.1, -0.05) is 45.1 Å². The van der Waals surface area contributed by atoms with Crippen molar-refractivity contribution in [3.05, 3.63) is 61.5 Å². The quantitative estimate of drug-likeness (QED) is 0.383. The summed E-state index contributed by atoms with van der Waals surface area (Å²) < 4.78 is 6.11. The first kappa shape index (κ1) is 23.4. The summed E-state index contributed by atoms with van der Waals surface area (Å²) in [6.45, 7) is 11.0. The molecule has 0 atom stereocenters. The first-order chi connectivity index (χ1) is 11.3. The molecule has 127 valence electrons. The number of benzene rings is 2. The predicted octanol–water partition coefficient (Wildman–Crippen LogP) is 6.03. The van der Waals surface area contributed by atoms with Crippen LogP contribution in [0.25, 0.3) is 20.8 Å². The van der Waals surface area contributed by atoms with E-state index in [1.165, 1.54) is 4.70 Å². The molecule has 2 aromatic carbocycles. The molecule has 0 aliphatic heterocycles. The van der Waals surface area contributed by atoms with Gasteiger partial charge in [-0.15, -0.1) is 11.3 Å². The van der Waals surface area contributed by atoms with Crippen LogP contribution in [0.5, 0.6) is 0 Å². The molecule has 0 aliphatic rings. The monoisotopic (exact) mass is 416 g/mol. The number of fused-ring (bicyclic) bond motifs is 1. The zero-order valence-corrected chi connectivity index (χ0v) is 18.4. The first-order valence-electron chi connectivity index (χ1n) is 8.04. The van der Waals surface area contributed by atoms with Crippen molar-refractivity contribution in [2.24, 2.45) is 0 Å². The number of aromatic nitrogens is 1. The summed E-state index contributed by atoms with van der Waals surface area (Å²) in [5, 5.41) is 1.07. The minimum atomic E-state index is 0. The summed E-state index contributed by atoms with van der Waals surface area (Å²) in [6, 6.07) is 19.1. The third-order valence-corrected chi connectivity index (χ3v) is 3.84. The average Bonchev–Trinajstić information content (AvgIpc) is 3.07. The van der Waals surface area contributed by atoms with E-state index in [1.54, 1.807) is 11.3 Å². The van der Waals surface area contributed by atoms with Gasteiger partial charge in [0.05, 0.1) is 15.2 Å². The van der Waals surface area contributed by atoms with Gasteiger partial charge in [-0.25, -0.2) is 4.98 Å². The Balaban J connectivity index is 0.000000509. The van der Waals surface area contributed by atoms with Gasteiger partial charge in [0.1, 0.15) is 0 Å². The predicted molar refractivity (Wildman–Crippen MR) is 102 cm³/mol. The molecule has 0 unspecified atom stereocenters. The standard InChI is InChI=1S/C13H8NS.C5H11O.C2H6.Y/c1-2-6-10(7-3-1)13-14-11-8-4-5-9-12(11)15-13;1-3-5-6-4-2;1-2;/h2-9H;2-5H2,1H3;1-2H3;/q2*-1;;. The van der Waals surface area contributed by atoms with E-state index >= 15 is 0 Å². The van der Waals surface area contributed by atoms with Gasteiger partial charge in [-0.05, 0) is 18.6 Å². The first-order valence-corrected chi connectivity index (χ1v) is 8.86.